The monoisotopic (exact) mass is 555 g/mol. The van der Waals surface area contributed by atoms with Crippen LogP contribution in [0.5, 0.6) is 0 Å². The number of aryl methyl sites for hydroxylation is 1. The van der Waals surface area contributed by atoms with Crippen LogP contribution in [-0.4, -0.2) is 65.0 Å². The van der Waals surface area contributed by atoms with Gasteiger partial charge in [-0.25, -0.2) is 4.79 Å². The van der Waals surface area contributed by atoms with E-state index in [1.165, 1.54) is 7.11 Å². The largest absolute Gasteiger partial charge is 0.453 e. The van der Waals surface area contributed by atoms with Gasteiger partial charge < -0.3 is 25.4 Å². The summed E-state index contributed by atoms with van der Waals surface area (Å²) in [5.74, 6) is -0.215. The summed E-state index contributed by atoms with van der Waals surface area (Å²) in [6.45, 7) is 1.10. The van der Waals surface area contributed by atoms with Gasteiger partial charge in [0.05, 0.1) is 25.9 Å². The van der Waals surface area contributed by atoms with Crippen LogP contribution in [0.25, 0.3) is 0 Å². The van der Waals surface area contributed by atoms with Crippen molar-refractivity contribution in [2.45, 2.75) is 36.9 Å². The van der Waals surface area contributed by atoms with Crippen LogP contribution in [0, 0.1) is 0 Å². The van der Waals surface area contributed by atoms with Crippen molar-refractivity contribution >= 4 is 17.7 Å². The zero-order valence-electron chi connectivity index (χ0n) is 22.7. The molecule has 3 aromatic carbocycles. The Kier molecular flexibility index (Phi) is 9.30. The Balaban J connectivity index is 1.31. The Morgan fingerprint density at radius 2 is 1.68 bits per heavy atom. The summed E-state index contributed by atoms with van der Waals surface area (Å²) in [5, 5.41) is 23.4. The summed E-state index contributed by atoms with van der Waals surface area (Å²) in [6, 6.07) is 25.9. The Morgan fingerprint density at radius 1 is 1.00 bits per heavy atom. The maximum atomic E-state index is 13.9. The molecule has 0 saturated carbocycles. The van der Waals surface area contributed by atoms with E-state index in [0.717, 1.165) is 23.1 Å². The molecule has 2 amide bonds. The first-order chi connectivity index (χ1) is 20.1. The molecule has 11 heteroatoms. The molecule has 5 rings (SSSR count). The lowest BCUT2D eigenvalue weighted by Crippen LogP contribution is -2.48. The van der Waals surface area contributed by atoms with E-state index in [4.69, 9.17) is 9.47 Å². The van der Waals surface area contributed by atoms with E-state index in [1.54, 1.807) is 0 Å². The number of morpholine rings is 1. The molecule has 1 aliphatic heterocycles. The second-order valence-electron chi connectivity index (χ2n) is 9.78. The zero-order valence-corrected chi connectivity index (χ0v) is 22.7. The van der Waals surface area contributed by atoms with Gasteiger partial charge in [0.15, 0.2) is 5.82 Å². The second kappa shape index (κ2) is 13.6. The van der Waals surface area contributed by atoms with E-state index in [1.807, 2.05) is 84.9 Å². The van der Waals surface area contributed by atoms with Crippen molar-refractivity contribution in [3.63, 3.8) is 0 Å². The molecule has 41 heavy (non-hydrogen) atoms. The third-order valence-electron chi connectivity index (χ3n) is 7.17. The molecule has 11 nitrogen and oxygen atoms in total. The maximum absolute atomic E-state index is 13.9. The summed E-state index contributed by atoms with van der Waals surface area (Å²) in [4.78, 5) is 26.4. The topological polar surface area (TPSA) is 143 Å². The Labute approximate surface area is 238 Å². The van der Waals surface area contributed by atoms with E-state index in [9.17, 15) is 9.59 Å². The lowest BCUT2D eigenvalue weighted by Gasteiger charge is -2.29. The zero-order chi connectivity index (χ0) is 28.4. The quantitative estimate of drug-likeness (QED) is 0.233. The lowest BCUT2D eigenvalue weighted by atomic mass is 9.84. The highest BCUT2D eigenvalue weighted by atomic mass is 16.5. The summed E-state index contributed by atoms with van der Waals surface area (Å²) in [5.41, 5.74) is 3.44. The van der Waals surface area contributed by atoms with Crippen LogP contribution in [0.2, 0.25) is 0 Å². The highest BCUT2D eigenvalue weighted by molar-refractivity contribution is 5.98. The number of nitrogens with one attached hydrogen (secondary N) is 4. The third-order valence-corrected chi connectivity index (χ3v) is 7.17. The lowest BCUT2D eigenvalue weighted by molar-refractivity contribution is -0.118. The van der Waals surface area contributed by atoms with Gasteiger partial charge in [-0.15, -0.1) is 10.2 Å². The number of amides is 2. The number of aromatic amines is 1. The van der Waals surface area contributed by atoms with Gasteiger partial charge in [0, 0.05) is 18.2 Å². The van der Waals surface area contributed by atoms with Crippen LogP contribution in [-0.2, 0) is 20.7 Å². The van der Waals surface area contributed by atoms with Crippen LogP contribution >= 0.6 is 0 Å². The SMILES string of the molecule is COC(=O)NC(C(=O)Nc1ccccc1CCC1CNC(c2nn[nH]n2)CO1)C(c1ccccc1)c1ccccc1. The number of methoxy groups -OCH3 is 1. The number of tetrazole rings is 1. The van der Waals surface area contributed by atoms with Gasteiger partial charge in [-0.2, -0.15) is 5.21 Å². The van der Waals surface area contributed by atoms with Crippen molar-refractivity contribution in [1.82, 2.24) is 31.3 Å². The average molecular weight is 556 g/mol. The Bertz CT molecular complexity index is 1360. The van der Waals surface area contributed by atoms with Crippen LogP contribution in [0.15, 0.2) is 84.9 Å². The molecule has 1 saturated heterocycles. The number of carbonyl (C=O) groups is 2. The van der Waals surface area contributed by atoms with Crippen LogP contribution in [0.4, 0.5) is 10.5 Å². The number of ether oxygens (including phenoxy) is 2. The molecule has 212 valence electrons. The standard InChI is InChI=1S/C30H33N7O4/c1-40-30(39)33-27(26(21-11-4-2-5-12-21)22-13-6-3-7-14-22)29(38)32-24-15-9-8-10-20(24)16-17-23-18-31-25(19-41-23)28-34-36-37-35-28/h2-15,23,25-27,31H,16-19H2,1H3,(H,32,38)(H,33,39)(H,34,35,36,37). The molecular weight excluding hydrogens is 522 g/mol. The van der Waals surface area contributed by atoms with Crippen molar-refractivity contribution in [1.29, 1.82) is 0 Å². The summed E-state index contributed by atoms with van der Waals surface area (Å²) in [6.07, 6.45) is 0.748. The maximum Gasteiger partial charge on any atom is 0.407 e. The van der Waals surface area contributed by atoms with Gasteiger partial charge in [-0.3, -0.25) is 4.79 Å². The molecule has 2 heterocycles. The highest BCUT2D eigenvalue weighted by Crippen LogP contribution is 2.30. The number of para-hydroxylation sites is 1. The number of nitrogens with zero attached hydrogens (tertiary/aromatic N) is 3. The van der Waals surface area contributed by atoms with Gasteiger partial charge in [0.1, 0.15) is 6.04 Å². The van der Waals surface area contributed by atoms with Gasteiger partial charge in [0.25, 0.3) is 0 Å². The molecule has 0 bridgehead atoms. The first-order valence-electron chi connectivity index (χ1n) is 13.5. The van der Waals surface area contributed by atoms with Crippen LogP contribution in [0.3, 0.4) is 0 Å². The molecule has 0 spiro atoms. The second-order valence-corrected chi connectivity index (χ2v) is 9.78. The molecule has 0 radical (unpaired) electrons. The minimum atomic E-state index is -0.937. The van der Waals surface area contributed by atoms with Crippen molar-refractivity contribution < 1.29 is 19.1 Å². The van der Waals surface area contributed by atoms with Crippen molar-refractivity contribution in [3.8, 4) is 0 Å². The fraction of sp³-hybridized carbons (Fsp3) is 0.300. The molecule has 0 aliphatic carbocycles. The molecule has 4 aromatic rings. The number of H-pyrrole nitrogens is 1. The minimum Gasteiger partial charge on any atom is -0.453 e. The predicted molar refractivity (Wildman–Crippen MR) is 152 cm³/mol. The van der Waals surface area contributed by atoms with Crippen molar-refractivity contribution in [2.24, 2.45) is 0 Å². The van der Waals surface area contributed by atoms with Crippen LogP contribution in [0.1, 0.15) is 40.9 Å². The normalized spacial score (nSPS) is 17.5. The molecular formula is C30H33N7O4. The average Bonchev–Trinajstić information content (AvgIpc) is 3.57. The predicted octanol–water partition coefficient (Wildman–Crippen LogP) is 3.36. The number of alkyl carbamates (subject to hydrolysis) is 1. The molecule has 4 N–H and O–H groups in total. The van der Waals surface area contributed by atoms with E-state index in [2.05, 4.69) is 36.6 Å². The first kappa shape index (κ1) is 27.9. The summed E-state index contributed by atoms with van der Waals surface area (Å²) >= 11 is 0. The molecule has 1 aromatic heterocycles. The van der Waals surface area contributed by atoms with E-state index in [0.29, 0.717) is 31.1 Å². The van der Waals surface area contributed by atoms with E-state index < -0.39 is 18.1 Å². The first-order valence-corrected chi connectivity index (χ1v) is 13.5. The summed E-state index contributed by atoms with van der Waals surface area (Å²) in [7, 11) is 1.28. The number of hydrogen-bond acceptors (Lipinski definition) is 8. The minimum absolute atomic E-state index is 0.00353. The number of anilines is 1. The summed E-state index contributed by atoms with van der Waals surface area (Å²) < 4.78 is 10.9. The number of aromatic nitrogens is 4. The molecule has 1 aliphatic rings. The Hall–Kier alpha value is -4.61. The Morgan fingerprint density at radius 3 is 2.29 bits per heavy atom. The number of carbonyl (C=O) groups excluding carboxylic acids is 2. The highest BCUT2D eigenvalue weighted by Gasteiger charge is 2.33. The number of benzene rings is 3. The van der Waals surface area contributed by atoms with E-state index >= 15 is 0 Å². The number of hydrogen-bond donors (Lipinski definition) is 4. The van der Waals surface area contributed by atoms with Crippen LogP contribution < -0.4 is 16.0 Å². The third kappa shape index (κ3) is 7.13. The fourth-order valence-electron chi connectivity index (χ4n) is 5.06. The van der Waals surface area contributed by atoms with Gasteiger partial charge in [0.2, 0.25) is 5.91 Å². The van der Waals surface area contributed by atoms with Gasteiger partial charge in [-0.1, -0.05) is 84.1 Å². The molecule has 1 fully saturated rings. The van der Waals surface area contributed by atoms with Crippen molar-refractivity contribution in [2.75, 3.05) is 25.6 Å². The van der Waals surface area contributed by atoms with Crippen molar-refractivity contribution in [3.05, 3.63) is 107 Å². The van der Waals surface area contributed by atoms with Gasteiger partial charge in [-0.05, 0) is 35.6 Å². The van der Waals surface area contributed by atoms with E-state index in [-0.39, 0.29) is 18.1 Å². The fourth-order valence-corrected chi connectivity index (χ4v) is 5.06. The smallest absolute Gasteiger partial charge is 0.407 e. The molecule has 3 unspecified atom stereocenters. The molecule has 3 atom stereocenters. The van der Waals surface area contributed by atoms with Gasteiger partial charge >= 0.3 is 6.09 Å². The number of rotatable bonds is 10.